The summed E-state index contributed by atoms with van der Waals surface area (Å²) >= 11 is 0. The molecule has 0 aromatic heterocycles. The Morgan fingerprint density at radius 3 is 2.45 bits per heavy atom. The van der Waals surface area contributed by atoms with Crippen LogP contribution in [0.1, 0.15) is 11.1 Å². The molecule has 0 bridgehead atoms. The van der Waals surface area contributed by atoms with Crippen molar-refractivity contribution in [3.8, 4) is 6.07 Å². The molecule has 0 fully saturated rings. The van der Waals surface area contributed by atoms with Gasteiger partial charge in [0.15, 0.2) is 0 Å². The number of hydrogen-bond acceptors (Lipinski definition) is 4. The van der Waals surface area contributed by atoms with Crippen molar-refractivity contribution in [3.05, 3.63) is 69.8 Å². The Balaban J connectivity index is 2.49. The van der Waals surface area contributed by atoms with Crippen molar-refractivity contribution in [2.75, 3.05) is 19.0 Å². The predicted octanol–water partition coefficient (Wildman–Crippen LogP) is 3.72. The number of hydrogen-bond donors (Lipinski definition) is 0. The van der Waals surface area contributed by atoms with Crippen molar-refractivity contribution >= 4 is 23.0 Å². The number of benzene rings is 2. The number of nitriles is 1. The molecule has 2 aromatic rings. The van der Waals surface area contributed by atoms with Gasteiger partial charge in [0, 0.05) is 20.2 Å². The molecule has 0 aliphatic carbocycles. The molecule has 0 aliphatic rings. The van der Waals surface area contributed by atoms with Crippen molar-refractivity contribution in [1.82, 2.24) is 0 Å². The van der Waals surface area contributed by atoms with E-state index >= 15 is 0 Å². The van der Waals surface area contributed by atoms with Gasteiger partial charge >= 0.3 is 0 Å². The number of nitro benzene ring substituents is 1. The van der Waals surface area contributed by atoms with Gasteiger partial charge in [0.1, 0.15) is 5.69 Å². The van der Waals surface area contributed by atoms with Crippen LogP contribution in [-0.2, 0) is 0 Å². The maximum atomic E-state index is 11.2. The maximum Gasteiger partial charge on any atom is 0.293 e. The average Bonchev–Trinajstić information content (AvgIpc) is 2.53. The lowest BCUT2D eigenvalue weighted by atomic mass is 10.0. The molecule has 5 nitrogen and oxygen atoms in total. The Kier molecular flexibility index (Phi) is 4.54. The molecule has 0 spiro atoms. The average molecular weight is 293 g/mol. The zero-order valence-electron chi connectivity index (χ0n) is 12.4. The number of anilines is 1. The summed E-state index contributed by atoms with van der Waals surface area (Å²) in [5.74, 6) is 0. The summed E-state index contributed by atoms with van der Waals surface area (Å²) in [6, 6.07) is 16.3. The summed E-state index contributed by atoms with van der Waals surface area (Å²) in [6.07, 6.45) is 1.65. The van der Waals surface area contributed by atoms with E-state index in [1.165, 1.54) is 6.07 Å². The van der Waals surface area contributed by atoms with Crippen LogP contribution in [0, 0.1) is 21.4 Å². The first-order chi connectivity index (χ1) is 10.5. The summed E-state index contributed by atoms with van der Waals surface area (Å²) in [6.45, 7) is 0. The van der Waals surface area contributed by atoms with Crippen molar-refractivity contribution in [2.24, 2.45) is 0 Å². The molecule has 0 amide bonds. The van der Waals surface area contributed by atoms with Gasteiger partial charge in [0.2, 0.25) is 0 Å². The molecular weight excluding hydrogens is 278 g/mol. The highest BCUT2D eigenvalue weighted by Gasteiger charge is 2.15. The summed E-state index contributed by atoms with van der Waals surface area (Å²) in [5.41, 5.74) is 2.42. The van der Waals surface area contributed by atoms with Crippen molar-refractivity contribution < 1.29 is 4.92 Å². The van der Waals surface area contributed by atoms with E-state index in [9.17, 15) is 15.4 Å². The fourth-order valence-electron chi connectivity index (χ4n) is 2.12. The molecular formula is C17H15N3O2. The van der Waals surface area contributed by atoms with Crippen LogP contribution in [0.25, 0.3) is 11.6 Å². The molecule has 0 radical (unpaired) electrons. The highest BCUT2D eigenvalue weighted by molar-refractivity contribution is 5.90. The predicted molar refractivity (Wildman–Crippen MR) is 87.3 cm³/mol. The smallest absolute Gasteiger partial charge is 0.293 e. The quantitative estimate of drug-likeness (QED) is 0.373. The normalized spacial score (nSPS) is 10.9. The van der Waals surface area contributed by atoms with E-state index in [0.717, 1.165) is 5.56 Å². The van der Waals surface area contributed by atoms with Crippen LogP contribution in [0.15, 0.2) is 48.5 Å². The van der Waals surface area contributed by atoms with Crippen LogP contribution in [0.4, 0.5) is 11.4 Å². The molecule has 0 unspecified atom stereocenters. The van der Waals surface area contributed by atoms with Crippen LogP contribution < -0.4 is 4.90 Å². The third kappa shape index (κ3) is 3.30. The van der Waals surface area contributed by atoms with Crippen LogP contribution in [-0.4, -0.2) is 19.0 Å². The first kappa shape index (κ1) is 15.3. The molecule has 5 heteroatoms. The second kappa shape index (κ2) is 6.55. The number of allylic oxidation sites excluding steroid dienone is 1. The van der Waals surface area contributed by atoms with Gasteiger partial charge in [-0.05, 0) is 23.3 Å². The molecule has 0 aliphatic heterocycles. The van der Waals surface area contributed by atoms with Crippen molar-refractivity contribution in [2.45, 2.75) is 0 Å². The molecule has 0 saturated heterocycles. The second-order valence-electron chi connectivity index (χ2n) is 4.94. The Bertz CT molecular complexity index is 759. The molecule has 2 aromatic carbocycles. The monoisotopic (exact) mass is 293 g/mol. The molecule has 2 rings (SSSR count). The number of rotatable bonds is 4. The minimum atomic E-state index is -0.415. The fraction of sp³-hybridized carbons (Fsp3) is 0.118. The Labute approximate surface area is 128 Å². The molecule has 0 saturated carbocycles. The Morgan fingerprint density at radius 1 is 1.23 bits per heavy atom. The van der Waals surface area contributed by atoms with Gasteiger partial charge in [0.05, 0.1) is 16.6 Å². The minimum absolute atomic E-state index is 0.0177. The summed E-state index contributed by atoms with van der Waals surface area (Å²) < 4.78 is 0. The largest absolute Gasteiger partial charge is 0.372 e. The van der Waals surface area contributed by atoms with E-state index < -0.39 is 4.92 Å². The van der Waals surface area contributed by atoms with Gasteiger partial charge in [-0.2, -0.15) is 5.26 Å². The van der Waals surface area contributed by atoms with Crippen LogP contribution in [0.5, 0.6) is 0 Å². The summed E-state index contributed by atoms with van der Waals surface area (Å²) in [4.78, 5) is 12.5. The zero-order chi connectivity index (χ0) is 16.1. The highest BCUT2D eigenvalue weighted by atomic mass is 16.6. The van der Waals surface area contributed by atoms with Gasteiger partial charge < -0.3 is 4.90 Å². The SMILES string of the molecule is CN(C)c1ccc(/C=C(\C#N)c2ccccc2)cc1[N+](=O)[O-]. The first-order valence-corrected chi connectivity index (χ1v) is 6.66. The van der Waals surface area contributed by atoms with Gasteiger partial charge in [-0.25, -0.2) is 0 Å². The van der Waals surface area contributed by atoms with Gasteiger partial charge in [-0.3, -0.25) is 10.1 Å². The van der Waals surface area contributed by atoms with E-state index in [-0.39, 0.29) is 5.69 Å². The van der Waals surface area contributed by atoms with E-state index in [4.69, 9.17) is 0 Å². The Hall–Kier alpha value is -3.13. The lowest BCUT2D eigenvalue weighted by Gasteiger charge is -2.12. The third-order valence-corrected chi connectivity index (χ3v) is 3.19. The fourth-order valence-corrected chi connectivity index (χ4v) is 2.12. The van der Waals surface area contributed by atoms with Gasteiger partial charge in [-0.1, -0.05) is 36.4 Å². The molecule has 22 heavy (non-hydrogen) atoms. The van der Waals surface area contributed by atoms with Crippen LogP contribution in [0.3, 0.4) is 0 Å². The lowest BCUT2D eigenvalue weighted by molar-refractivity contribution is -0.384. The number of nitro groups is 1. The zero-order valence-corrected chi connectivity index (χ0v) is 12.4. The molecule has 0 atom stereocenters. The van der Waals surface area contributed by atoms with Gasteiger partial charge in [-0.15, -0.1) is 0 Å². The summed E-state index contributed by atoms with van der Waals surface area (Å²) in [7, 11) is 3.51. The van der Waals surface area contributed by atoms with Crippen LogP contribution in [0.2, 0.25) is 0 Å². The first-order valence-electron chi connectivity index (χ1n) is 6.66. The van der Waals surface area contributed by atoms with E-state index in [0.29, 0.717) is 16.8 Å². The third-order valence-electron chi connectivity index (χ3n) is 3.19. The second-order valence-corrected chi connectivity index (χ2v) is 4.94. The number of nitrogens with zero attached hydrogens (tertiary/aromatic N) is 3. The summed E-state index contributed by atoms with van der Waals surface area (Å²) in [5, 5.41) is 20.5. The minimum Gasteiger partial charge on any atom is -0.372 e. The Morgan fingerprint density at radius 2 is 1.91 bits per heavy atom. The molecule has 110 valence electrons. The van der Waals surface area contributed by atoms with E-state index in [1.807, 2.05) is 30.3 Å². The maximum absolute atomic E-state index is 11.2. The molecule has 0 heterocycles. The van der Waals surface area contributed by atoms with Crippen LogP contribution >= 0.6 is 0 Å². The van der Waals surface area contributed by atoms with E-state index in [1.54, 1.807) is 37.2 Å². The van der Waals surface area contributed by atoms with Gasteiger partial charge in [0.25, 0.3) is 5.69 Å². The highest BCUT2D eigenvalue weighted by Crippen LogP contribution is 2.29. The van der Waals surface area contributed by atoms with Crippen molar-refractivity contribution in [1.29, 1.82) is 5.26 Å². The van der Waals surface area contributed by atoms with Crippen molar-refractivity contribution in [3.63, 3.8) is 0 Å². The topological polar surface area (TPSA) is 70.2 Å². The lowest BCUT2D eigenvalue weighted by Crippen LogP contribution is -2.10. The standard InChI is InChI=1S/C17H15N3O2/c1-19(2)16-9-8-13(11-17(16)20(21)22)10-15(12-18)14-6-4-3-5-7-14/h3-11H,1-2H3/b15-10+. The van der Waals surface area contributed by atoms with E-state index in [2.05, 4.69) is 6.07 Å². The molecule has 0 N–H and O–H groups in total.